The van der Waals surface area contributed by atoms with Crippen LogP contribution in [-0.4, -0.2) is 66.4 Å². The fourth-order valence-corrected chi connectivity index (χ4v) is 3.43. The number of hydrogen-bond donors (Lipinski definition) is 7. The van der Waals surface area contributed by atoms with Gasteiger partial charge >= 0.3 is 24.0 Å². The Kier molecular flexibility index (Phi) is 12.0. The number of rotatable bonds is 14. The molecule has 0 bridgehead atoms. The normalized spacial score (nSPS) is 11.0. The van der Waals surface area contributed by atoms with Crippen LogP contribution < -0.4 is 31.3 Å². The molecule has 1 atom stereocenters. The first-order chi connectivity index (χ1) is 18.6. The number of carbonyl (C=O) groups excluding carboxylic acids is 3. The second-order valence-corrected chi connectivity index (χ2v) is 8.52. The zero-order valence-corrected chi connectivity index (χ0v) is 21.7. The maximum absolute atomic E-state index is 12.4. The molecule has 0 spiro atoms. The highest BCUT2D eigenvalue weighted by atomic mass is 16.5. The summed E-state index contributed by atoms with van der Waals surface area (Å²) in [6.07, 6.45) is 0.271. The molecule has 0 radical (unpaired) electrons. The fourth-order valence-electron chi connectivity index (χ4n) is 3.43. The lowest BCUT2D eigenvalue weighted by Gasteiger charge is -2.14. The van der Waals surface area contributed by atoms with Crippen LogP contribution in [0.4, 0.5) is 21.0 Å². The lowest BCUT2D eigenvalue weighted by Crippen LogP contribution is -2.47. The van der Waals surface area contributed by atoms with Crippen LogP contribution in [0, 0.1) is 6.92 Å². The van der Waals surface area contributed by atoms with Crippen molar-refractivity contribution in [2.75, 3.05) is 30.8 Å². The fraction of sp³-hybridized carbons (Fsp3) is 0.346. The van der Waals surface area contributed by atoms with Crippen molar-refractivity contribution in [3.05, 3.63) is 53.6 Å². The third kappa shape index (κ3) is 11.0. The van der Waals surface area contributed by atoms with Crippen molar-refractivity contribution in [3.8, 4) is 5.75 Å². The number of ether oxygens (including phenoxy) is 1. The Hall–Kier alpha value is -4.81. The molecule has 210 valence electrons. The topological polar surface area (TPSA) is 195 Å². The lowest BCUT2D eigenvalue weighted by atomic mass is 10.1. The number of hydrogen-bond acceptors (Lipinski definition) is 6. The number of carboxylic acids is 2. The van der Waals surface area contributed by atoms with E-state index in [1.807, 2.05) is 25.1 Å². The molecule has 13 heteroatoms. The predicted octanol–water partition coefficient (Wildman–Crippen LogP) is 2.31. The number of urea groups is 2. The standard InChI is InChI=1S/C26H33N5O8/c1-16-6-3-4-7-18(16)29-26(38)30-19-10-8-17(14-21(19)39-2)9-11-22(32)27-12-5-13-28-25(37)31-20(24(35)36)15-23(33)34/h3-4,6-8,10,14,20H,5,9,11-13,15H2,1-2H3,(H,27,32)(H,33,34)(H,35,36)(H2,28,31,37)(H2,29,30,38). The van der Waals surface area contributed by atoms with Gasteiger partial charge in [-0.25, -0.2) is 14.4 Å². The summed E-state index contributed by atoms with van der Waals surface area (Å²) in [5.41, 5.74) is 2.93. The molecule has 0 aliphatic rings. The Balaban J connectivity index is 1.72. The van der Waals surface area contributed by atoms with E-state index in [4.69, 9.17) is 14.9 Å². The van der Waals surface area contributed by atoms with Crippen molar-refractivity contribution in [3.63, 3.8) is 0 Å². The highest BCUT2D eigenvalue weighted by Crippen LogP contribution is 2.26. The van der Waals surface area contributed by atoms with Gasteiger partial charge in [-0.3, -0.25) is 9.59 Å². The van der Waals surface area contributed by atoms with Crippen molar-refractivity contribution >= 4 is 41.3 Å². The Bertz CT molecular complexity index is 1190. The molecular weight excluding hydrogens is 510 g/mol. The van der Waals surface area contributed by atoms with Crippen LogP contribution >= 0.6 is 0 Å². The molecule has 0 aliphatic heterocycles. The molecule has 0 aliphatic carbocycles. The summed E-state index contributed by atoms with van der Waals surface area (Å²) in [4.78, 5) is 57.9. The van der Waals surface area contributed by atoms with E-state index >= 15 is 0 Å². The Labute approximate surface area is 225 Å². The van der Waals surface area contributed by atoms with E-state index in [0.29, 0.717) is 30.0 Å². The summed E-state index contributed by atoms with van der Waals surface area (Å²) in [5.74, 6) is -2.55. The zero-order chi connectivity index (χ0) is 28.8. The molecule has 0 fully saturated rings. The molecule has 2 aromatic carbocycles. The largest absolute Gasteiger partial charge is 0.495 e. The number of carbonyl (C=O) groups is 5. The monoisotopic (exact) mass is 543 g/mol. The Morgan fingerprint density at radius 1 is 0.897 bits per heavy atom. The average molecular weight is 544 g/mol. The first kappa shape index (κ1) is 30.4. The van der Waals surface area contributed by atoms with Crippen molar-refractivity contribution in [1.82, 2.24) is 16.0 Å². The van der Waals surface area contributed by atoms with Gasteiger partial charge in [-0.1, -0.05) is 24.3 Å². The summed E-state index contributed by atoms with van der Waals surface area (Å²) >= 11 is 0. The Morgan fingerprint density at radius 3 is 2.26 bits per heavy atom. The van der Waals surface area contributed by atoms with Gasteiger partial charge in [-0.2, -0.15) is 0 Å². The van der Waals surface area contributed by atoms with E-state index in [0.717, 1.165) is 11.1 Å². The molecule has 0 saturated carbocycles. The number of carboxylic acid groups (broad SMARTS) is 2. The number of aliphatic carboxylic acids is 2. The van der Waals surface area contributed by atoms with Crippen molar-refractivity contribution in [2.45, 2.75) is 38.6 Å². The van der Waals surface area contributed by atoms with Crippen LogP contribution in [0.2, 0.25) is 0 Å². The first-order valence-corrected chi connectivity index (χ1v) is 12.1. The van der Waals surface area contributed by atoms with Crippen LogP contribution in [0.5, 0.6) is 5.75 Å². The van der Waals surface area contributed by atoms with E-state index < -0.39 is 36.5 Å². The lowest BCUT2D eigenvalue weighted by molar-refractivity contribution is -0.145. The van der Waals surface area contributed by atoms with Crippen LogP contribution in [0.15, 0.2) is 42.5 Å². The molecule has 2 aromatic rings. The molecule has 0 saturated heterocycles. The maximum Gasteiger partial charge on any atom is 0.326 e. The molecule has 0 heterocycles. The van der Waals surface area contributed by atoms with E-state index in [1.165, 1.54) is 7.11 Å². The van der Waals surface area contributed by atoms with Gasteiger partial charge in [0.1, 0.15) is 11.8 Å². The van der Waals surface area contributed by atoms with Crippen molar-refractivity contribution in [2.24, 2.45) is 0 Å². The second-order valence-electron chi connectivity index (χ2n) is 8.52. The van der Waals surface area contributed by atoms with Gasteiger partial charge in [0, 0.05) is 25.2 Å². The minimum absolute atomic E-state index is 0.147. The van der Waals surface area contributed by atoms with Gasteiger partial charge in [0.2, 0.25) is 5.91 Å². The van der Waals surface area contributed by atoms with E-state index in [-0.39, 0.29) is 25.4 Å². The van der Waals surface area contributed by atoms with E-state index in [9.17, 15) is 24.0 Å². The molecule has 5 amide bonds. The molecule has 7 N–H and O–H groups in total. The Morgan fingerprint density at radius 2 is 1.59 bits per heavy atom. The van der Waals surface area contributed by atoms with E-state index in [1.54, 1.807) is 24.3 Å². The molecular formula is C26H33N5O8. The number of benzene rings is 2. The quantitative estimate of drug-likeness (QED) is 0.176. The van der Waals surface area contributed by atoms with Crippen molar-refractivity contribution in [1.29, 1.82) is 0 Å². The second kappa shape index (κ2) is 15.4. The molecule has 13 nitrogen and oxygen atoms in total. The summed E-state index contributed by atoms with van der Waals surface area (Å²) < 4.78 is 5.39. The maximum atomic E-state index is 12.4. The van der Waals surface area contributed by atoms with Gasteiger partial charge < -0.3 is 41.5 Å². The highest BCUT2D eigenvalue weighted by Gasteiger charge is 2.22. The average Bonchev–Trinajstić information content (AvgIpc) is 2.88. The third-order valence-electron chi connectivity index (χ3n) is 5.49. The number of anilines is 2. The van der Waals surface area contributed by atoms with E-state index in [2.05, 4.69) is 26.6 Å². The number of aryl methyl sites for hydroxylation is 2. The van der Waals surface area contributed by atoms with Gasteiger partial charge in [0.25, 0.3) is 0 Å². The third-order valence-corrected chi connectivity index (χ3v) is 5.49. The van der Waals surface area contributed by atoms with Crippen molar-refractivity contribution < 1.29 is 38.9 Å². The number of methoxy groups -OCH3 is 1. The van der Waals surface area contributed by atoms with Crippen LogP contribution in [0.3, 0.4) is 0 Å². The minimum atomic E-state index is -1.54. The van der Waals surface area contributed by atoms with Crippen LogP contribution in [0.25, 0.3) is 0 Å². The van der Waals surface area contributed by atoms with Crippen LogP contribution in [0.1, 0.15) is 30.4 Å². The number of nitrogens with one attached hydrogen (secondary N) is 5. The summed E-state index contributed by atoms with van der Waals surface area (Å²) in [6.45, 7) is 2.31. The number of para-hydroxylation sites is 1. The number of amides is 5. The summed E-state index contributed by atoms with van der Waals surface area (Å²) in [5, 5.41) is 30.4. The first-order valence-electron chi connectivity index (χ1n) is 12.1. The predicted molar refractivity (Wildman–Crippen MR) is 143 cm³/mol. The summed E-state index contributed by atoms with van der Waals surface area (Å²) in [6, 6.07) is 9.87. The van der Waals surface area contributed by atoms with Gasteiger partial charge in [-0.15, -0.1) is 0 Å². The molecule has 2 rings (SSSR count). The zero-order valence-electron chi connectivity index (χ0n) is 21.7. The van der Waals surface area contributed by atoms with Gasteiger partial charge in [-0.05, 0) is 49.1 Å². The molecule has 0 aromatic heterocycles. The SMILES string of the molecule is COc1cc(CCC(=O)NCCCNC(=O)NC(CC(=O)O)C(=O)O)ccc1NC(=O)Nc1ccccc1C. The smallest absolute Gasteiger partial charge is 0.326 e. The van der Waals surface area contributed by atoms with Crippen LogP contribution in [-0.2, 0) is 20.8 Å². The highest BCUT2D eigenvalue weighted by molar-refractivity contribution is 6.01. The molecule has 1 unspecified atom stereocenters. The summed E-state index contributed by atoms with van der Waals surface area (Å²) in [7, 11) is 1.48. The van der Waals surface area contributed by atoms with Gasteiger partial charge in [0.05, 0.1) is 19.2 Å². The van der Waals surface area contributed by atoms with Gasteiger partial charge in [0.15, 0.2) is 0 Å². The minimum Gasteiger partial charge on any atom is -0.495 e. The molecule has 39 heavy (non-hydrogen) atoms.